The molecule has 1 heterocycles. The largest absolute Gasteiger partial charge is 0.355 e. The highest BCUT2D eigenvalue weighted by Crippen LogP contribution is 1.95. The van der Waals surface area contributed by atoms with Gasteiger partial charge in [0.15, 0.2) is 4.77 Å². The molecular weight excluding hydrogens is 186 g/mol. The molecule has 0 spiro atoms. The predicted molar refractivity (Wildman–Crippen MR) is 53.0 cm³/mol. The maximum Gasteiger partial charge on any atom is 0.216 e. The molecule has 0 saturated heterocycles. The van der Waals surface area contributed by atoms with Crippen molar-refractivity contribution in [3.8, 4) is 0 Å². The summed E-state index contributed by atoms with van der Waals surface area (Å²) in [6.07, 6.45) is 1.93. The summed E-state index contributed by atoms with van der Waals surface area (Å²) >= 11 is 5.05. The van der Waals surface area contributed by atoms with Crippen LogP contribution in [0.3, 0.4) is 0 Å². The van der Waals surface area contributed by atoms with Crippen molar-refractivity contribution in [2.45, 2.75) is 20.4 Å². The van der Waals surface area contributed by atoms with E-state index in [1.807, 2.05) is 17.7 Å². The van der Waals surface area contributed by atoms with Gasteiger partial charge in [-0.25, -0.2) is 0 Å². The first kappa shape index (κ1) is 9.98. The number of rotatable bonds is 3. The number of hydrogen-bond donors (Lipinski definition) is 2. The van der Waals surface area contributed by atoms with Crippen LogP contribution in [0.1, 0.15) is 12.6 Å². The van der Waals surface area contributed by atoms with Gasteiger partial charge in [-0.2, -0.15) is 0 Å². The Morgan fingerprint density at radius 1 is 1.77 bits per heavy atom. The average molecular weight is 199 g/mol. The molecule has 72 valence electrons. The number of hydrogen-bond acceptors (Lipinski definition) is 2. The number of aromatic amines is 1. The van der Waals surface area contributed by atoms with E-state index in [0.717, 1.165) is 5.69 Å². The summed E-state index contributed by atoms with van der Waals surface area (Å²) in [6, 6.07) is 0. The summed E-state index contributed by atoms with van der Waals surface area (Å²) in [6.45, 7) is 4.77. The van der Waals surface area contributed by atoms with Gasteiger partial charge in [0.2, 0.25) is 5.91 Å². The van der Waals surface area contributed by atoms with E-state index in [2.05, 4.69) is 10.3 Å². The number of H-pyrrole nitrogens is 1. The van der Waals surface area contributed by atoms with Crippen LogP contribution in [0.5, 0.6) is 0 Å². The van der Waals surface area contributed by atoms with Crippen molar-refractivity contribution in [2.75, 3.05) is 6.54 Å². The zero-order chi connectivity index (χ0) is 9.84. The van der Waals surface area contributed by atoms with Gasteiger partial charge in [0.1, 0.15) is 0 Å². The third-order valence-electron chi connectivity index (χ3n) is 1.64. The molecule has 13 heavy (non-hydrogen) atoms. The van der Waals surface area contributed by atoms with Crippen molar-refractivity contribution in [1.29, 1.82) is 0 Å². The number of aromatic nitrogens is 2. The number of carbonyl (C=O) groups excluding carboxylic acids is 1. The van der Waals surface area contributed by atoms with E-state index in [9.17, 15) is 4.79 Å². The molecule has 4 nitrogen and oxygen atoms in total. The third-order valence-corrected chi connectivity index (χ3v) is 1.98. The van der Waals surface area contributed by atoms with E-state index in [1.165, 1.54) is 6.92 Å². The number of aryl methyl sites for hydroxylation is 1. The zero-order valence-electron chi connectivity index (χ0n) is 7.76. The summed E-state index contributed by atoms with van der Waals surface area (Å²) in [7, 11) is 0. The highest BCUT2D eigenvalue weighted by atomic mass is 32.1. The quantitative estimate of drug-likeness (QED) is 0.713. The Hall–Kier alpha value is -1.10. The second kappa shape index (κ2) is 4.23. The second-order valence-electron chi connectivity index (χ2n) is 2.92. The van der Waals surface area contributed by atoms with Crippen LogP contribution in [0.4, 0.5) is 0 Å². The molecule has 1 rings (SSSR count). The summed E-state index contributed by atoms with van der Waals surface area (Å²) in [4.78, 5) is 13.6. The Balaban J connectivity index is 2.50. The van der Waals surface area contributed by atoms with Crippen LogP contribution in [-0.2, 0) is 11.3 Å². The van der Waals surface area contributed by atoms with Crippen molar-refractivity contribution in [2.24, 2.45) is 0 Å². The third kappa shape index (κ3) is 3.02. The molecule has 0 unspecified atom stereocenters. The maximum absolute atomic E-state index is 10.6. The minimum Gasteiger partial charge on any atom is -0.355 e. The summed E-state index contributed by atoms with van der Waals surface area (Å²) in [5, 5.41) is 2.71. The van der Waals surface area contributed by atoms with E-state index in [-0.39, 0.29) is 5.91 Å². The Morgan fingerprint density at radius 3 is 2.92 bits per heavy atom. The lowest BCUT2D eigenvalue weighted by atomic mass is 10.5. The fraction of sp³-hybridized carbons (Fsp3) is 0.500. The van der Waals surface area contributed by atoms with E-state index in [0.29, 0.717) is 17.9 Å². The second-order valence-corrected chi connectivity index (χ2v) is 3.31. The molecule has 0 saturated carbocycles. The molecule has 0 bridgehead atoms. The molecule has 2 N–H and O–H groups in total. The van der Waals surface area contributed by atoms with E-state index >= 15 is 0 Å². The molecule has 0 aromatic carbocycles. The van der Waals surface area contributed by atoms with Crippen molar-refractivity contribution in [1.82, 2.24) is 14.9 Å². The highest BCUT2D eigenvalue weighted by Gasteiger charge is 1.96. The standard InChI is InChI=1S/C8H13N3OS/c1-6-5-11(8(13)10-6)4-3-9-7(2)12/h5H,3-4H2,1-2H3,(H,9,12)(H,10,13). The summed E-state index contributed by atoms with van der Waals surface area (Å²) in [5.74, 6) is -0.0150. The SMILES string of the molecule is CC(=O)NCCn1cc(C)[nH]c1=S. The Bertz CT molecular complexity index is 353. The fourth-order valence-corrected chi connectivity index (χ4v) is 1.39. The van der Waals surface area contributed by atoms with Crippen LogP contribution in [0, 0.1) is 11.7 Å². The van der Waals surface area contributed by atoms with Gasteiger partial charge in [-0.05, 0) is 19.1 Å². The van der Waals surface area contributed by atoms with E-state index in [1.54, 1.807) is 0 Å². The molecule has 1 aromatic rings. The molecule has 5 heteroatoms. The topological polar surface area (TPSA) is 49.8 Å². The van der Waals surface area contributed by atoms with Crippen molar-refractivity contribution in [3.05, 3.63) is 16.7 Å². The molecule has 1 amide bonds. The normalized spacial score (nSPS) is 10.0. The maximum atomic E-state index is 10.6. The predicted octanol–water partition coefficient (Wildman–Crippen LogP) is 0.990. The first-order chi connectivity index (χ1) is 6.09. The number of nitrogens with zero attached hydrogens (tertiary/aromatic N) is 1. The summed E-state index contributed by atoms with van der Waals surface area (Å²) < 4.78 is 2.60. The van der Waals surface area contributed by atoms with Crippen LogP contribution >= 0.6 is 12.2 Å². The highest BCUT2D eigenvalue weighted by molar-refractivity contribution is 7.71. The molecule has 0 fully saturated rings. The zero-order valence-corrected chi connectivity index (χ0v) is 8.57. The van der Waals surface area contributed by atoms with E-state index < -0.39 is 0 Å². The Morgan fingerprint density at radius 2 is 2.46 bits per heavy atom. The lowest BCUT2D eigenvalue weighted by Crippen LogP contribution is -2.24. The smallest absolute Gasteiger partial charge is 0.216 e. The average Bonchev–Trinajstić information content (AvgIpc) is 2.29. The monoisotopic (exact) mass is 199 g/mol. The molecule has 0 aliphatic carbocycles. The first-order valence-electron chi connectivity index (χ1n) is 4.10. The van der Waals surface area contributed by atoms with Gasteiger partial charge in [-0.1, -0.05) is 0 Å². The van der Waals surface area contributed by atoms with Crippen LogP contribution < -0.4 is 5.32 Å². The van der Waals surface area contributed by atoms with E-state index in [4.69, 9.17) is 12.2 Å². The van der Waals surface area contributed by atoms with Crippen LogP contribution in [0.2, 0.25) is 0 Å². The summed E-state index contributed by atoms with van der Waals surface area (Å²) in [5.41, 5.74) is 1.04. The minimum atomic E-state index is -0.0150. The van der Waals surface area contributed by atoms with Gasteiger partial charge in [-0.3, -0.25) is 4.79 Å². The Kier molecular flexibility index (Phi) is 3.25. The number of amides is 1. The molecule has 0 radical (unpaired) electrons. The molecule has 0 aliphatic rings. The van der Waals surface area contributed by atoms with Crippen molar-refractivity contribution < 1.29 is 4.79 Å². The van der Waals surface area contributed by atoms with Gasteiger partial charge in [0, 0.05) is 31.9 Å². The number of nitrogens with one attached hydrogen (secondary N) is 2. The lowest BCUT2D eigenvalue weighted by molar-refractivity contribution is -0.118. The van der Waals surface area contributed by atoms with Gasteiger partial charge in [-0.15, -0.1) is 0 Å². The first-order valence-corrected chi connectivity index (χ1v) is 4.51. The van der Waals surface area contributed by atoms with Crippen molar-refractivity contribution >= 4 is 18.1 Å². The number of imidazole rings is 1. The Labute approximate surface area is 82.0 Å². The van der Waals surface area contributed by atoms with Gasteiger partial charge < -0.3 is 14.9 Å². The van der Waals surface area contributed by atoms with Gasteiger partial charge in [0.25, 0.3) is 0 Å². The lowest BCUT2D eigenvalue weighted by Gasteiger charge is -2.02. The molecule has 1 aromatic heterocycles. The molecular formula is C8H13N3OS. The van der Waals surface area contributed by atoms with Gasteiger partial charge in [0.05, 0.1) is 0 Å². The van der Waals surface area contributed by atoms with Crippen LogP contribution in [0.15, 0.2) is 6.20 Å². The van der Waals surface area contributed by atoms with Crippen molar-refractivity contribution in [3.63, 3.8) is 0 Å². The minimum absolute atomic E-state index is 0.0150. The molecule has 0 aliphatic heterocycles. The number of carbonyl (C=O) groups is 1. The van der Waals surface area contributed by atoms with Gasteiger partial charge >= 0.3 is 0 Å². The fourth-order valence-electron chi connectivity index (χ4n) is 1.08. The van der Waals surface area contributed by atoms with Crippen LogP contribution in [0.25, 0.3) is 0 Å². The van der Waals surface area contributed by atoms with Crippen LogP contribution in [-0.4, -0.2) is 22.0 Å². The molecule has 0 atom stereocenters.